The zero-order valence-electron chi connectivity index (χ0n) is 11.3. The quantitative estimate of drug-likeness (QED) is 0.682. The molecule has 1 amide bonds. The van der Waals surface area contributed by atoms with Gasteiger partial charge in [-0.3, -0.25) is 14.9 Å². The van der Waals surface area contributed by atoms with Crippen molar-refractivity contribution in [2.75, 3.05) is 6.54 Å². The van der Waals surface area contributed by atoms with Crippen molar-refractivity contribution in [1.29, 1.82) is 0 Å². The van der Waals surface area contributed by atoms with Gasteiger partial charge in [0.1, 0.15) is 5.02 Å². The summed E-state index contributed by atoms with van der Waals surface area (Å²) in [5.41, 5.74) is 0.0388. The van der Waals surface area contributed by atoms with E-state index >= 15 is 0 Å². The molecule has 0 saturated heterocycles. The van der Waals surface area contributed by atoms with Gasteiger partial charge in [0, 0.05) is 12.6 Å². The molecule has 108 valence electrons. The molecule has 0 aliphatic heterocycles. The Bertz CT molecular complexity index is 539. The Morgan fingerprint density at radius 1 is 1.45 bits per heavy atom. The standard InChI is InChI=1S/C14H17ClN2O3/c1-14(7-2-3-8-14)9-16-13(18)10-5-4-6-11(12(10)15)17(19)20/h4-6H,2-3,7-9H2,1H3,(H,16,18). The predicted molar refractivity (Wildman–Crippen MR) is 77.0 cm³/mol. The number of amides is 1. The van der Waals surface area contributed by atoms with Crippen LogP contribution in [0.25, 0.3) is 0 Å². The van der Waals surface area contributed by atoms with Gasteiger partial charge >= 0.3 is 0 Å². The number of nitro groups is 1. The molecule has 1 aliphatic rings. The molecule has 1 aromatic carbocycles. The highest BCUT2D eigenvalue weighted by Crippen LogP contribution is 2.37. The van der Waals surface area contributed by atoms with Crippen LogP contribution >= 0.6 is 11.6 Å². The van der Waals surface area contributed by atoms with Gasteiger partial charge in [0.05, 0.1) is 10.5 Å². The van der Waals surface area contributed by atoms with E-state index in [0.717, 1.165) is 12.8 Å². The maximum absolute atomic E-state index is 12.1. The molecule has 0 atom stereocenters. The first-order valence-electron chi connectivity index (χ1n) is 6.64. The maximum atomic E-state index is 12.1. The van der Waals surface area contributed by atoms with Crippen LogP contribution < -0.4 is 5.32 Å². The molecular formula is C14H17ClN2O3. The second kappa shape index (κ2) is 5.79. The van der Waals surface area contributed by atoms with Crippen LogP contribution in [0, 0.1) is 15.5 Å². The number of hydrogen-bond donors (Lipinski definition) is 1. The molecule has 0 spiro atoms. The summed E-state index contributed by atoms with van der Waals surface area (Å²) in [7, 11) is 0. The zero-order chi connectivity index (χ0) is 14.8. The first-order valence-corrected chi connectivity index (χ1v) is 7.02. The molecule has 1 fully saturated rings. The lowest BCUT2D eigenvalue weighted by molar-refractivity contribution is -0.384. The van der Waals surface area contributed by atoms with Gasteiger partial charge in [0.25, 0.3) is 11.6 Å². The zero-order valence-corrected chi connectivity index (χ0v) is 12.1. The van der Waals surface area contributed by atoms with Crippen LogP contribution in [0.1, 0.15) is 43.0 Å². The summed E-state index contributed by atoms with van der Waals surface area (Å²) in [6.45, 7) is 2.72. The monoisotopic (exact) mass is 296 g/mol. The van der Waals surface area contributed by atoms with E-state index in [0.29, 0.717) is 6.54 Å². The largest absolute Gasteiger partial charge is 0.351 e. The average Bonchev–Trinajstić information content (AvgIpc) is 2.83. The number of rotatable bonds is 4. The number of carbonyl (C=O) groups excluding carboxylic acids is 1. The number of carbonyl (C=O) groups is 1. The second-order valence-electron chi connectivity index (χ2n) is 5.60. The van der Waals surface area contributed by atoms with E-state index < -0.39 is 4.92 Å². The third-order valence-electron chi connectivity index (χ3n) is 3.91. The van der Waals surface area contributed by atoms with Crippen molar-refractivity contribution in [3.05, 3.63) is 38.9 Å². The van der Waals surface area contributed by atoms with Crippen molar-refractivity contribution >= 4 is 23.2 Å². The number of nitrogens with zero attached hydrogens (tertiary/aromatic N) is 1. The van der Waals surface area contributed by atoms with Crippen molar-refractivity contribution in [2.24, 2.45) is 5.41 Å². The van der Waals surface area contributed by atoms with Crippen LogP contribution in [0.2, 0.25) is 5.02 Å². The Labute approximate surface area is 122 Å². The van der Waals surface area contributed by atoms with Gasteiger partial charge in [0.15, 0.2) is 0 Å². The molecule has 1 aromatic rings. The van der Waals surface area contributed by atoms with Crippen LogP contribution in [-0.2, 0) is 0 Å². The highest BCUT2D eigenvalue weighted by molar-refractivity contribution is 6.35. The van der Waals surface area contributed by atoms with E-state index in [1.54, 1.807) is 0 Å². The molecular weight excluding hydrogens is 280 g/mol. The van der Waals surface area contributed by atoms with E-state index in [-0.39, 0.29) is 27.6 Å². The minimum atomic E-state index is -0.586. The Morgan fingerprint density at radius 2 is 2.10 bits per heavy atom. The number of nitrogens with one attached hydrogen (secondary N) is 1. The average molecular weight is 297 g/mol. The molecule has 0 aromatic heterocycles. The van der Waals surface area contributed by atoms with Gasteiger partial charge in [-0.15, -0.1) is 0 Å². The van der Waals surface area contributed by atoms with Crippen molar-refractivity contribution in [2.45, 2.75) is 32.6 Å². The van der Waals surface area contributed by atoms with Crippen molar-refractivity contribution in [1.82, 2.24) is 5.32 Å². The maximum Gasteiger partial charge on any atom is 0.288 e. The SMILES string of the molecule is CC1(CNC(=O)c2cccc([N+](=O)[O-])c2Cl)CCCC1. The molecule has 1 aliphatic carbocycles. The molecule has 1 saturated carbocycles. The number of benzene rings is 1. The highest BCUT2D eigenvalue weighted by atomic mass is 35.5. The molecule has 0 bridgehead atoms. The molecule has 20 heavy (non-hydrogen) atoms. The van der Waals surface area contributed by atoms with Crippen LogP contribution in [-0.4, -0.2) is 17.4 Å². The third kappa shape index (κ3) is 3.10. The third-order valence-corrected chi connectivity index (χ3v) is 4.30. The van der Waals surface area contributed by atoms with Gasteiger partial charge in [-0.05, 0) is 24.3 Å². The summed E-state index contributed by atoms with van der Waals surface area (Å²) < 4.78 is 0. The van der Waals surface area contributed by atoms with Crippen LogP contribution in [0.4, 0.5) is 5.69 Å². The van der Waals surface area contributed by atoms with E-state index in [2.05, 4.69) is 12.2 Å². The minimum Gasteiger partial charge on any atom is -0.351 e. The number of hydrogen-bond acceptors (Lipinski definition) is 3. The summed E-state index contributed by atoms with van der Waals surface area (Å²) in [4.78, 5) is 22.3. The van der Waals surface area contributed by atoms with Gasteiger partial charge in [0.2, 0.25) is 0 Å². The Morgan fingerprint density at radius 3 is 2.70 bits per heavy atom. The van der Waals surface area contributed by atoms with Crippen LogP contribution in [0.5, 0.6) is 0 Å². The van der Waals surface area contributed by atoms with Gasteiger partial charge in [-0.25, -0.2) is 0 Å². The van der Waals surface area contributed by atoms with E-state index in [4.69, 9.17) is 11.6 Å². The molecule has 0 radical (unpaired) electrons. The molecule has 5 nitrogen and oxygen atoms in total. The van der Waals surface area contributed by atoms with Crippen molar-refractivity contribution < 1.29 is 9.72 Å². The summed E-state index contributed by atoms with van der Waals surface area (Å²) in [6.07, 6.45) is 4.56. The number of halogens is 1. The molecule has 0 unspecified atom stereocenters. The summed E-state index contributed by atoms with van der Waals surface area (Å²) in [5.74, 6) is -0.355. The Hall–Kier alpha value is -1.62. The predicted octanol–water partition coefficient (Wildman–Crippen LogP) is 3.56. The fourth-order valence-electron chi connectivity index (χ4n) is 2.63. The first-order chi connectivity index (χ1) is 9.43. The summed E-state index contributed by atoms with van der Waals surface area (Å²) in [6, 6.07) is 4.26. The topological polar surface area (TPSA) is 72.2 Å². The van der Waals surface area contributed by atoms with E-state index in [1.807, 2.05) is 0 Å². The normalized spacial score (nSPS) is 16.9. The fourth-order valence-corrected chi connectivity index (χ4v) is 2.91. The van der Waals surface area contributed by atoms with Gasteiger partial charge in [-0.1, -0.05) is 37.4 Å². The lowest BCUT2D eigenvalue weighted by Gasteiger charge is -2.23. The molecule has 1 N–H and O–H groups in total. The molecule has 6 heteroatoms. The first kappa shape index (κ1) is 14.8. The lowest BCUT2D eigenvalue weighted by Crippen LogP contribution is -2.34. The minimum absolute atomic E-state index is 0.105. The lowest BCUT2D eigenvalue weighted by atomic mass is 9.89. The van der Waals surface area contributed by atoms with Crippen molar-refractivity contribution in [3.8, 4) is 0 Å². The second-order valence-corrected chi connectivity index (χ2v) is 5.97. The smallest absolute Gasteiger partial charge is 0.288 e. The fraction of sp³-hybridized carbons (Fsp3) is 0.500. The number of nitro benzene ring substituents is 1. The molecule has 2 rings (SSSR count). The van der Waals surface area contributed by atoms with E-state index in [1.165, 1.54) is 31.0 Å². The van der Waals surface area contributed by atoms with Gasteiger partial charge < -0.3 is 5.32 Å². The van der Waals surface area contributed by atoms with Gasteiger partial charge in [-0.2, -0.15) is 0 Å². The summed E-state index contributed by atoms with van der Waals surface area (Å²) >= 11 is 5.93. The highest BCUT2D eigenvalue weighted by Gasteiger charge is 2.29. The van der Waals surface area contributed by atoms with Crippen LogP contribution in [0.3, 0.4) is 0 Å². The molecule has 0 heterocycles. The van der Waals surface area contributed by atoms with E-state index in [9.17, 15) is 14.9 Å². The Balaban J connectivity index is 2.09. The van der Waals surface area contributed by atoms with Crippen LogP contribution in [0.15, 0.2) is 18.2 Å². The Kier molecular flexibility index (Phi) is 4.28. The summed E-state index contributed by atoms with van der Waals surface area (Å²) in [5, 5.41) is 13.5. The van der Waals surface area contributed by atoms with Crippen molar-refractivity contribution in [3.63, 3.8) is 0 Å².